The molecule has 2 aliphatic carbocycles. The Morgan fingerprint density at radius 1 is 0.958 bits per heavy atom. The number of urea groups is 1. The fourth-order valence-electron chi connectivity index (χ4n) is 4.06. The fraction of sp³-hybridized carbons (Fsp3) is 0.579. The molecule has 0 bridgehead atoms. The van der Waals surface area contributed by atoms with Crippen molar-refractivity contribution in [3.63, 3.8) is 0 Å². The number of amides is 3. The maximum absolute atomic E-state index is 12.7. The number of carbonyl (C=O) groups excluding carboxylic acids is 2. The van der Waals surface area contributed by atoms with Crippen molar-refractivity contribution in [1.82, 2.24) is 10.6 Å². The molecule has 1 saturated carbocycles. The van der Waals surface area contributed by atoms with Crippen molar-refractivity contribution in [3.05, 3.63) is 35.4 Å². The van der Waals surface area contributed by atoms with E-state index < -0.39 is 6.03 Å². The lowest BCUT2D eigenvalue weighted by molar-refractivity contribution is -0.126. The van der Waals surface area contributed by atoms with Crippen LogP contribution < -0.4 is 16.4 Å². The first-order valence-electron chi connectivity index (χ1n) is 9.07. The molecule has 5 heteroatoms. The summed E-state index contributed by atoms with van der Waals surface area (Å²) in [7, 11) is 0. The van der Waals surface area contributed by atoms with Crippen LogP contribution in [0.5, 0.6) is 0 Å². The van der Waals surface area contributed by atoms with Gasteiger partial charge in [0, 0.05) is 12.0 Å². The van der Waals surface area contributed by atoms with E-state index >= 15 is 0 Å². The van der Waals surface area contributed by atoms with Gasteiger partial charge in [-0.1, -0.05) is 30.7 Å². The molecule has 24 heavy (non-hydrogen) atoms. The Balaban J connectivity index is 1.58. The summed E-state index contributed by atoms with van der Waals surface area (Å²) >= 11 is 0. The average Bonchev–Trinajstić information content (AvgIpc) is 2.77. The van der Waals surface area contributed by atoms with Crippen molar-refractivity contribution in [1.29, 1.82) is 0 Å². The second kappa shape index (κ2) is 7.69. The molecule has 0 aromatic heterocycles. The molecular weight excluding hydrogens is 302 g/mol. The van der Waals surface area contributed by atoms with E-state index in [9.17, 15) is 9.59 Å². The van der Waals surface area contributed by atoms with Gasteiger partial charge in [-0.05, 0) is 56.1 Å². The first-order valence-corrected chi connectivity index (χ1v) is 9.07. The Kier molecular flexibility index (Phi) is 5.38. The van der Waals surface area contributed by atoms with E-state index in [-0.39, 0.29) is 23.9 Å². The van der Waals surface area contributed by atoms with Gasteiger partial charge in [0.05, 0.1) is 6.04 Å². The Morgan fingerprint density at radius 3 is 2.46 bits per heavy atom. The number of rotatable bonds is 3. The van der Waals surface area contributed by atoms with Crippen molar-refractivity contribution in [2.75, 3.05) is 0 Å². The summed E-state index contributed by atoms with van der Waals surface area (Å²) in [6, 6.07) is 8.25. The van der Waals surface area contributed by atoms with Gasteiger partial charge >= 0.3 is 6.03 Å². The van der Waals surface area contributed by atoms with Gasteiger partial charge in [-0.15, -0.1) is 0 Å². The minimum atomic E-state index is -0.474. The third kappa shape index (κ3) is 4.08. The second-order valence-electron chi connectivity index (χ2n) is 7.06. The first-order chi connectivity index (χ1) is 11.6. The SMILES string of the molecule is NC(=O)NC1CCC(C(=O)N[C@H]2CCCCc3ccccc32)CC1. The Hall–Kier alpha value is -2.04. The summed E-state index contributed by atoms with van der Waals surface area (Å²) < 4.78 is 0. The molecule has 0 spiro atoms. The number of hydrogen-bond donors (Lipinski definition) is 3. The third-order valence-electron chi connectivity index (χ3n) is 5.38. The van der Waals surface area contributed by atoms with E-state index in [1.165, 1.54) is 17.5 Å². The molecule has 0 unspecified atom stereocenters. The predicted molar refractivity (Wildman–Crippen MR) is 93.3 cm³/mol. The largest absolute Gasteiger partial charge is 0.352 e. The average molecular weight is 329 g/mol. The van der Waals surface area contributed by atoms with Crippen molar-refractivity contribution in [2.45, 2.75) is 63.5 Å². The van der Waals surface area contributed by atoms with E-state index in [0.29, 0.717) is 0 Å². The van der Waals surface area contributed by atoms with E-state index in [2.05, 4.69) is 34.9 Å². The predicted octanol–water partition coefficient (Wildman–Crippen LogP) is 2.80. The monoisotopic (exact) mass is 329 g/mol. The van der Waals surface area contributed by atoms with Gasteiger partial charge in [-0.2, -0.15) is 0 Å². The maximum atomic E-state index is 12.7. The Bertz CT molecular complexity index is 594. The van der Waals surface area contributed by atoms with E-state index in [0.717, 1.165) is 44.9 Å². The lowest BCUT2D eigenvalue weighted by atomic mass is 9.85. The van der Waals surface area contributed by atoms with E-state index in [1.807, 2.05) is 0 Å². The molecule has 0 saturated heterocycles. The van der Waals surface area contributed by atoms with Gasteiger partial charge in [-0.25, -0.2) is 4.79 Å². The second-order valence-corrected chi connectivity index (χ2v) is 7.06. The van der Waals surface area contributed by atoms with E-state index in [4.69, 9.17) is 5.73 Å². The van der Waals surface area contributed by atoms with Gasteiger partial charge in [0.15, 0.2) is 0 Å². The normalized spacial score (nSPS) is 26.8. The van der Waals surface area contributed by atoms with Gasteiger partial charge in [0.2, 0.25) is 5.91 Å². The number of hydrogen-bond acceptors (Lipinski definition) is 2. The van der Waals surface area contributed by atoms with Crippen LogP contribution in [0.25, 0.3) is 0 Å². The summed E-state index contributed by atoms with van der Waals surface area (Å²) in [4.78, 5) is 23.6. The zero-order valence-corrected chi connectivity index (χ0v) is 14.1. The summed E-state index contributed by atoms with van der Waals surface area (Å²) in [5, 5.41) is 6.04. The number of nitrogens with two attached hydrogens (primary N) is 1. The molecule has 1 aromatic rings. The number of fused-ring (bicyclic) bond motifs is 1. The van der Waals surface area contributed by atoms with Gasteiger partial charge in [-0.3, -0.25) is 4.79 Å². The number of nitrogens with one attached hydrogen (secondary N) is 2. The minimum absolute atomic E-state index is 0.0475. The molecule has 0 aliphatic heterocycles. The highest BCUT2D eigenvalue weighted by atomic mass is 16.2. The molecule has 0 radical (unpaired) electrons. The molecule has 5 nitrogen and oxygen atoms in total. The molecule has 3 amide bonds. The van der Waals surface area contributed by atoms with Crippen molar-refractivity contribution in [2.24, 2.45) is 11.7 Å². The van der Waals surface area contributed by atoms with Crippen LogP contribution in [0.1, 0.15) is 62.1 Å². The van der Waals surface area contributed by atoms with Crippen molar-refractivity contribution in [3.8, 4) is 0 Å². The van der Waals surface area contributed by atoms with Crippen LogP contribution in [0.2, 0.25) is 0 Å². The Morgan fingerprint density at radius 2 is 1.71 bits per heavy atom. The number of primary amides is 1. The highest BCUT2D eigenvalue weighted by molar-refractivity contribution is 5.79. The van der Waals surface area contributed by atoms with E-state index in [1.54, 1.807) is 0 Å². The van der Waals surface area contributed by atoms with Crippen LogP contribution in [0.3, 0.4) is 0 Å². The van der Waals surface area contributed by atoms with Crippen molar-refractivity contribution >= 4 is 11.9 Å². The molecule has 3 rings (SSSR count). The van der Waals surface area contributed by atoms with Crippen molar-refractivity contribution < 1.29 is 9.59 Å². The molecule has 2 aliphatic rings. The zero-order chi connectivity index (χ0) is 16.9. The smallest absolute Gasteiger partial charge is 0.312 e. The highest BCUT2D eigenvalue weighted by Gasteiger charge is 2.29. The lowest BCUT2D eigenvalue weighted by Gasteiger charge is -2.29. The fourth-order valence-corrected chi connectivity index (χ4v) is 4.06. The number of carbonyl (C=O) groups is 2. The van der Waals surface area contributed by atoms with Gasteiger partial charge in [0.1, 0.15) is 0 Å². The molecule has 1 aromatic carbocycles. The zero-order valence-electron chi connectivity index (χ0n) is 14.1. The summed E-state index contributed by atoms with van der Waals surface area (Å²) in [5.74, 6) is 0.209. The van der Waals surface area contributed by atoms with Crippen LogP contribution in [-0.4, -0.2) is 18.0 Å². The summed E-state index contributed by atoms with van der Waals surface area (Å²) in [5.41, 5.74) is 7.83. The molecule has 0 heterocycles. The Labute approximate surface area is 143 Å². The maximum Gasteiger partial charge on any atom is 0.312 e. The minimum Gasteiger partial charge on any atom is -0.352 e. The first kappa shape index (κ1) is 16.8. The van der Waals surface area contributed by atoms with Crippen LogP contribution in [-0.2, 0) is 11.2 Å². The number of benzene rings is 1. The molecule has 1 fully saturated rings. The molecular formula is C19H27N3O2. The lowest BCUT2D eigenvalue weighted by Crippen LogP contribution is -2.43. The van der Waals surface area contributed by atoms with Gasteiger partial charge < -0.3 is 16.4 Å². The molecule has 1 atom stereocenters. The van der Waals surface area contributed by atoms with Gasteiger partial charge in [0.25, 0.3) is 0 Å². The van der Waals surface area contributed by atoms with Crippen LogP contribution >= 0.6 is 0 Å². The molecule has 4 N–H and O–H groups in total. The number of aryl methyl sites for hydroxylation is 1. The summed E-state index contributed by atoms with van der Waals surface area (Å²) in [6.45, 7) is 0. The standard InChI is InChI=1S/C19H27N3O2/c20-19(24)21-15-11-9-14(10-12-15)18(23)22-17-8-4-2-6-13-5-1-3-7-16(13)17/h1,3,5,7,14-15,17H,2,4,6,8-12H2,(H,22,23)(H3,20,21,24)/t14?,15?,17-/m0/s1. The van der Waals surface area contributed by atoms with Crippen LogP contribution in [0.15, 0.2) is 24.3 Å². The van der Waals surface area contributed by atoms with Crippen LogP contribution in [0.4, 0.5) is 4.79 Å². The van der Waals surface area contributed by atoms with Crippen LogP contribution in [0, 0.1) is 5.92 Å². The quantitative estimate of drug-likeness (QED) is 0.745. The molecule has 130 valence electrons. The summed E-state index contributed by atoms with van der Waals surface area (Å²) in [6.07, 6.45) is 7.72. The highest BCUT2D eigenvalue weighted by Crippen LogP contribution is 2.30. The topological polar surface area (TPSA) is 84.2 Å². The third-order valence-corrected chi connectivity index (χ3v) is 5.38.